The van der Waals surface area contributed by atoms with Gasteiger partial charge >= 0.3 is 8.80 Å². The highest BCUT2D eigenvalue weighted by Gasteiger charge is 2.43. The standard InChI is InChI=1S/C23H29NO3.C14H25NO3Si/c1-6-25-19-11-9-10-18-20(16-12-14-17(15-13-16)24(4)5)22(26-7-2)23(21(18)19)27-8-3;1-6-16-19(17-7-2,18-8-3)14-11-9-13(10-12-14)15(4)5/h9-15,20H,6-8H2,1-5H3;9-12H,6-8H2,1-5H3. The van der Waals surface area contributed by atoms with Gasteiger partial charge in [0.2, 0.25) is 0 Å². The summed E-state index contributed by atoms with van der Waals surface area (Å²) >= 11 is 0. The van der Waals surface area contributed by atoms with Gasteiger partial charge in [-0.3, -0.25) is 0 Å². The molecular weight excluding hydrogens is 597 g/mol. The molecule has 4 rings (SSSR count). The van der Waals surface area contributed by atoms with Crippen molar-refractivity contribution in [2.24, 2.45) is 0 Å². The molecule has 0 saturated heterocycles. The van der Waals surface area contributed by atoms with Gasteiger partial charge in [0.05, 0.1) is 31.3 Å². The topological polar surface area (TPSA) is 61.9 Å². The van der Waals surface area contributed by atoms with Crippen molar-refractivity contribution in [3.8, 4) is 5.75 Å². The lowest BCUT2D eigenvalue weighted by atomic mass is 9.91. The summed E-state index contributed by atoms with van der Waals surface area (Å²) in [6.45, 7) is 15.4. The fraction of sp³-hybridized carbons (Fsp3) is 0.459. The van der Waals surface area contributed by atoms with Crippen LogP contribution in [0.3, 0.4) is 0 Å². The maximum atomic E-state index is 6.12. The molecule has 0 spiro atoms. The van der Waals surface area contributed by atoms with Crippen LogP contribution in [0.1, 0.15) is 64.2 Å². The summed E-state index contributed by atoms with van der Waals surface area (Å²) in [6.07, 6.45) is 0. The summed E-state index contributed by atoms with van der Waals surface area (Å²) in [5.74, 6) is 2.54. The van der Waals surface area contributed by atoms with Crippen molar-refractivity contribution in [3.63, 3.8) is 0 Å². The highest BCUT2D eigenvalue weighted by molar-refractivity contribution is 6.75. The summed E-state index contributed by atoms with van der Waals surface area (Å²) in [5, 5.41) is 1.02. The molecule has 46 heavy (non-hydrogen) atoms. The van der Waals surface area contributed by atoms with Gasteiger partial charge in [-0.25, -0.2) is 0 Å². The van der Waals surface area contributed by atoms with Crippen LogP contribution in [0.4, 0.5) is 11.4 Å². The third-order valence-electron chi connectivity index (χ3n) is 7.45. The average Bonchev–Trinajstić information content (AvgIpc) is 3.35. The molecule has 0 aliphatic heterocycles. The van der Waals surface area contributed by atoms with Crippen LogP contribution in [0.15, 0.2) is 72.5 Å². The summed E-state index contributed by atoms with van der Waals surface area (Å²) in [5.41, 5.74) is 5.70. The molecule has 9 heteroatoms. The van der Waals surface area contributed by atoms with Crippen molar-refractivity contribution in [3.05, 3.63) is 89.2 Å². The molecule has 8 nitrogen and oxygen atoms in total. The second-order valence-electron chi connectivity index (χ2n) is 10.9. The molecule has 0 fully saturated rings. The molecule has 0 heterocycles. The highest BCUT2D eigenvalue weighted by atomic mass is 28.4. The smallest absolute Gasteiger partial charge is 0.493 e. The Bertz CT molecular complexity index is 1360. The molecule has 0 bridgehead atoms. The number of fused-ring (bicyclic) bond motifs is 1. The summed E-state index contributed by atoms with van der Waals surface area (Å²) in [6, 6.07) is 23.0. The minimum atomic E-state index is -2.75. The predicted octanol–water partition coefficient (Wildman–Crippen LogP) is 7.05. The van der Waals surface area contributed by atoms with E-state index >= 15 is 0 Å². The zero-order valence-electron chi connectivity index (χ0n) is 29.5. The first kappa shape index (κ1) is 37.0. The first-order valence-corrected chi connectivity index (χ1v) is 18.2. The number of benzene rings is 3. The van der Waals surface area contributed by atoms with Crippen molar-refractivity contribution in [2.45, 2.75) is 47.5 Å². The normalized spacial score (nSPS) is 13.9. The number of anilines is 2. The minimum Gasteiger partial charge on any atom is -0.493 e. The van der Waals surface area contributed by atoms with E-state index < -0.39 is 8.80 Å². The number of rotatable bonds is 16. The van der Waals surface area contributed by atoms with Gasteiger partial charge in [0, 0.05) is 64.6 Å². The SMILES string of the molecule is CCOC1=C(OCC)C(c2ccc(N(C)C)cc2)c2cccc(OCC)c21.CCO[Si](OCC)(OCC)c1ccc(N(C)C)cc1. The maximum Gasteiger partial charge on any atom is 0.537 e. The van der Waals surface area contributed by atoms with E-state index in [1.54, 1.807) is 0 Å². The van der Waals surface area contributed by atoms with Crippen LogP contribution in [0.5, 0.6) is 5.75 Å². The third kappa shape index (κ3) is 8.64. The van der Waals surface area contributed by atoms with Gasteiger partial charge in [-0.1, -0.05) is 36.4 Å². The molecule has 3 aromatic carbocycles. The van der Waals surface area contributed by atoms with Crippen molar-refractivity contribution < 1.29 is 27.5 Å². The minimum absolute atomic E-state index is 0.0121. The monoisotopic (exact) mass is 650 g/mol. The quantitative estimate of drug-likeness (QED) is 0.153. The molecule has 0 saturated carbocycles. The Balaban J connectivity index is 0.000000268. The van der Waals surface area contributed by atoms with E-state index in [0.717, 1.165) is 33.7 Å². The van der Waals surface area contributed by atoms with E-state index in [4.69, 9.17) is 27.5 Å². The van der Waals surface area contributed by atoms with Crippen LogP contribution in [0.25, 0.3) is 5.76 Å². The summed E-state index contributed by atoms with van der Waals surface area (Å²) in [7, 11) is 5.39. The lowest BCUT2D eigenvalue weighted by molar-refractivity contribution is 0.0859. The van der Waals surface area contributed by atoms with Gasteiger partial charge in [-0.05, 0) is 83.0 Å². The van der Waals surface area contributed by atoms with E-state index in [1.807, 2.05) is 94.0 Å². The number of ether oxygens (including phenoxy) is 3. The Morgan fingerprint density at radius 2 is 1.07 bits per heavy atom. The summed E-state index contributed by atoms with van der Waals surface area (Å²) < 4.78 is 35.7. The molecule has 0 radical (unpaired) electrons. The van der Waals surface area contributed by atoms with Crippen LogP contribution in [-0.2, 0) is 22.8 Å². The second-order valence-corrected chi connectivity index (χ2v) is 13.5. The molecule has 1 atom stereocenters. The Hall–Kier alpha value is -3.50. The highest BCUT2D eigenvalue weighted by Crippen LogP contribution is 2.50. The van der Waals surface area contributed by atoms with Gasteiger partial charge in [0.15, 0.2) is 11.5 Å². The van der Waals surface area contributed by atoms with Gasteiger partial charge < -0.3 is 37.3 Å². The van der Waals surface area contributed by atoms with Crippen molar-refractivity contribution in [1.82, 2.24) is 0 Å². The molecule has 1 aliphatic carbocycles. The van der Waals surface area contributed by atoms with E-state index in [9.17, 15) is 0 Å². The lowest BCUT2D eigenvalue weighted by Gasteiger charge is -2.29. The zero-order chi connectivity index (χ0) is 33.7. The van der Waals surface area contributed by atoms with Gasteiger partial charge in [0.25, 0.3) is 0 Å². The fourth-order valence-corrected chi connectivity index (χ4v) is 7.96. The summed E-state index contributed by atoms with van der Waals surface area (Å²) in [4.78, 5) is 4.17. The first-order valence-electron chi connectivity index (χ1n) is 16.4. The third-order valence-corrected chi connectivity index (χ3v) is 10.5. The van der Waals surface area contributed by atoms with E-state index in [2.05, 4.69) is 52.3 Å². The van der Waals surface area contributed by atoms with Gasteiger partial charge in [-0.15, -0.1) is 0 Å². The van der Waals surface area contributed by atoms with E-state index in [1.165, 1.54) is 16.8 Å². The maximum absolute atomic E-state index is 6.12. The van der Waals surface area contributed by atoms with Crippen molar-refractivity contribution >= 4 is 31.1 Å². The molecular formula is C37H54N2O6Si. The van der Waals surface area contributed by atoms with Crippen LogP contribution in [0.2, 0.25) is 0 Å². The van der Waals surface area contributed by atoms with Crippen LogP contribution >= 0.6 is 0 Å². The number of allylic oxidation sites excluding steroid dienone is 1. The first-order chi connectivity index (χ1) is 22.2. The number of nitrogens with zero attached hydrogens (tertiary/aromatic N) is 2. The van der Waals surface area contributed by atoms with Gasteiger partial charge in [-0.2, -0.15) is 0 Å². The molecule has 3 aromatic rings. The Morgan fingerprint density at radius 3 is 1.52 bits per heavy atom. The van der Waals surface area contributed by atoms with Crippen molar-refractivity contribution in [1.29, 1.82) is 0 Å². The molecule has 0 amide bonds. The molecule has 1 aliphatic rings. The number of hydrogen-bond donors (Lipinski definition) is 0. The van der Waals surface area contributed by atoms with E-state index in [-0.39, 0.29) is 5.92 Å². The Kier molecular flexibility index (Phi) is 14.5. The molecule has 1 unspecified atom stereocenters. The average molecular weight is 651 g/mol. The molecule has 252 valence electrons. The molecule has 0 aromatic heterocycles. The van der Waals surface area contributed by atoms with Gasteiger partial charge in [0.1, 0.15) is 5.75 Å². The lowest BCUT2D eigenvalue weighted by Crippen LogP contribution is -2.56. The Labute approximate surface area is 278 Å². The van der Waals surface area contributed by atoms with Crippen molar-refractivity contribution in [2.75, 3.05) is 77.6 Å². The van der Waals surface area contributed by atoms with Crippen LogP contribution < -0.4 is 19.7 Å². The van der Waals surface area contributed by atoms with Crippen LogP contribution in [0, 0.1) is 0 Å². The predicted molar refractivity (Wildman–Crippen MR) is 191 cm³/mol. The van der Waals surface area contributed by atoms with Crippen LogP contribution in [-0.4, -0.2) is 76.6 Å². The Morgan fingerprint density at radius 1 is 0.565 bits per heavy atom. The largest absolute Gasteiger partial charge is 0.537 e. The van der Waals surface area contributed by atoms with E-state index in [0.29, 0.717) is 39.6 Å². The zero-order valence-corrected chi connectivity index (χ0v) is 30.5. The second kappa shape index (κ2) is 18.0. The number of hydrogen-bond acceptors (Lipinski definition) is 8. The molecule has 0 N–H and O–H groups in total. The fourth-order valence-electron chi connectivity index (χ4n) is 5.50.